The number of carbonyl (C=O) groups excluding carboxylic acids is 1. The number of nitrogens with two attached hydrogens (primary N) is 1. The normalized spacial score (nSPS) is 12.8. The van der Waals surface area contributed by atoms with Crippen molar-refractivity contribution in [2.45, 2.75) is 19.9 Å². The van der Waals surface area contributed by atoms with Gasteiger partial charge in [0.2, 0.25) is 0 Å². The lowest BCUT2D eigenvalue weighted by Crippen LogP contribution is -2.41. The summed E-state index contributed by atoms with van der Waals surface area (Å²) in [7, 11) is 0. The minimum absolute atomic E-state index is 0.0854. The minimum Gasteiger partial charge on any atom is -0.397 e. The number of aliphatic hydroxyl groups is 1. The monoisotopic (exact) mass is 356 g/mol. The van der Waals surface area contributed by atoms with Gasteiger partial charge in [0, 0.05) is 14.6 Å². The fourth-order valence-electron chi connectivity index (χ4n) is 1.95. The number of hydrogen-bond acceptors (Lipinski definition) is 4. The molecule has 0 aliphatic rings. The zero-order valence-corrected chi connectivity index (χ0v) is 13.7. The molecule has 0 saturated heterocycles. The van der Waals surface area contributed by atoms with Gasteiger partial charge in [0.1, 0.15) is 4.88 Å². The van der Waals surface area contributed by atoms with Crippen LogP contribution in [0.4, 0.5) is 5.69 Å². The molecule has 2 aromatic rings. The average Bonchev–Trinajstić information content (AvgIpc) is 2.74. The highest BCUT2D eigenvalue weighted by molar-refractivity contribution is 9.10. The molecule has 2 rings (SSSR count). The molecule has 0 radical (unpaired) electrons. The number of hydrogen-bond donors (Lipinski definition) is 3. The van der Waals surface area contributed by atoms with Crippen LogP contribution in [0.15, 0.2) is 22.7 Å². The van der Waals surface area contributed by atoms with Crippen molar-refractivity contribution in [3.05, 3.63) is 27.5 Å². The number of thiophene rings is 1. The van der Waals surface area contributed by atoms with Gasteiger partial charge in [0.05, 0.1) is 18.3 Å². The first-order valence-corrected chi connectivity index (χ1v) is 7.94. The van der Waals surface area contributed by atoms with E-state index in [1.165, 1.54) is 11.3 Å². The number of halogens is 1. The van der Waals surface area contributed by atoms with Crippen molar-refractivity contribution in [1.82, 2.24) is 5.32 Å². The Morgan fingerprint density at radius 3 is 2.75 bits per heavy atom. The predicted molar refractivity (Wildman–Crippen MR) is 87.1 cm³/mol. The Morgan fingerprint density at radius 2 is 2.20 bits per heavy atom. The molecule has 0 aliphatic heterocycles. The maximum absolute atomic E-state index is 12.3. The minimum atomic E-state index is -0.268. The highest BCUT2D eigenvalue weighted by atomic mass is 79.9. The molecule has 4 nitrogen and oxygen atoms in total. The number of nitrogen functional groups attached to an aromatic ring is 1. The van der Waals surface area contributed by atoms with E-state index in [-0.39, 0.29) is 24.5 Å². The van der Waals surface area contributed by atoms with Crippen molar-refractivity contribution in [2.75, 3.05) is 12.3 Å². The van der Waals surface area contributed by atoms with E-state index < -0.39 is 0 Å². The van der Waals surface area contributed by atoms with Gasteiger partial charge in [0.25, 0.3) is 5.91 Å². The van der Waals surface area contributed by atoms with E-state index >= 15 is 0 Å². The van der Waals surface area contributed by atoms with Crippen molar-refractivity contribution in [3.63, 3.8) is 0 Å². The summed E-state index contributed by atoms with van der Waals surface area (Å²) in [6, 6.07) is 5.48. The first kappa shape index (κ1) is 15.3. The fraction of sp³-hybridized carbons (Fsp3) is 0.357. The Labute approximate surface area is 130 Å². The predicted octanol–water partition coefficient (Wildman–Crippen LogP) is 2.99. The van der Waals surface area contributed by atoms with E-state index in [1.807, 2.05) is 32.0 Å². The number of carbonyl (C=O) groups is 1. The molecule has 0 saturated carbocycles. The molecular formula is C14H17BrN2O2S. The van der Waals surface area contributed by atoms with Gasteiger partial charge in [-0.2, -0.15) is 0 Å². The number of amides is 1. The molecule has 1 atom stereocenters. The van der Waals surface area contributed by atoms with Gasteiger partial charge >= 0.3 is 0 Å². The molecule has 1 heterocycles. The van der Waals surface area contributed by atoms with Gasteiger partial charge in [-0.25, -0.2) is 0 Å². The molecule has 6 heteroatoms. The van der Waals surface area contributed by atoms with Gasteiger partial charge in [0.15, 0.2) is 0 Å². The summed E-state index contributed by atoms with van der Waals surface area (Å²) in [5, 5.41) is 13.0. The van der Waals surface area contributed by atoms with Crippen molar-refractivity contribution < 1.29 is 9.90 Å². The maximum atomic E-state index is 12.3. The van der Waals surface area contributed by atoms with Gasteiger partial charge in [-0.1, -0.05) is 35.8 Å². The summed E-state index contributed by atoms with van der Waals surface area (Å²) >= 11 is 4.81. The molecule has 0 fully saturated rings. The molecule has 0 bridgehead atoms. The third kappa shape index (κ3) is 2.82. The highest BCUT2D eigenvalue weighted by Gasteiger charge is 2.21. The zero-order valence-electron chi connectivity index (χ0n) is 11.3. The first-order valence-electron chi connectivity index (χ1n) is 6.34. The Kier molecular flexibility index (Phi) is 4.67. The van der Waals surface area contributed by atoms with Crippen LogP contribution < -0.4 is 11.1 Å². The summed E-state index contributed by atoms with van der Waals surface area (Å²) in [5.41, 5.74) is 6.57. The molecule has 0 spiro atoms. The maximum Gasteiger partial charge on any atom is 0.263 e. The number of fused-ring (bicyclic) bond motifs is 1. The largest absolute Gasteiger partial charge is 0.397 e. The van der Waals surface area contributed by atoms with Crippen LogP contribution in [0.2, 0.25) is 0 Å². The molecule has 0 aliphatic carbocycles. The average molecular weight is 357 g/mol. The summed E-state index contributed by atoms with van der Waals surface area (Å²) in [4.78, 5) is 12.8. The van der Waals surface area contributed by atoms with Crippen LogP contribution >= 0.6 is 27.3 Å². The molecule has 4 N–H and O–H groups in total. The second-order valence-electron chi connectivity index (χ2n) is 4.96. The molecule has 1 aromatic heterocycles. The fourth-order valence-corrected chi connectivity index (χ4v) is 3.72. The van der Waals surface area contributed by atoms with E-state index in [4.69, 9.17) is 5.73 Å². The van der Waals surface area contributed by atoms with Gasteiger partial charge < -0.3 is 16.2 Å². The third-order valence-electron chi connectivity index (χ3n) is 3.23. The smallest absolute Gasteiger partial charge is 0.263 e. The Morgan fingerprint density at radius 1 is 1.50 bits per heavy atom. The van der Waals surface area contributed by atoms with Crippen LogP contribution in [0.5, 0.6) is 0 Å². The quantitative estimate of drug-likeness (QED) is 0.788. The Balaban J connectivity index is 2.36. The van der Waals surface area contributed by atoms with Crippen molar-refractivity contribution >= 4 is 48.9 Å². The SMILES string of the molecule is CC(C)[C@@H](CO)NC(=O)c1sc2cccc(Br)c2c1N. The van der Waals surface area contributed by atoms with E-state index in [0.29, 0.717) is 10.6 Å². The number of benzene rings is 1. The molecule has 1 amide bonds. The van der Waals surface area contributed by atoms with Crippen LogP contribution in [-0.2, 0) is 0 Å². The van der Waals surface area contributed by atoms with Crippen molar-refractivity contribution in [1.29, 1.82) is 0 Å². The summed E-state index contributed by atoms with van der Waals surface area (Å²) in [6.07, 6.45) is 0. The van der Waals surface area contributed by atoms with Crippen molar-refractivity contribution in [2.24, 2.45) is 5.92 Å². The summed E-state index contributed by atoms with van der Waals surface area (Å²) < 4.78 is 1.84. The second kappa shape index (κ2) is 6.11. The van der Waals surface area contributed by atoms with E-state index in [2.05, 4.69) is 21.2 Å². The lowest BCUT2D eigenvalue weighted by Gasteiger charge is -2.19. The Bertz CT molecular complexity index is 639. The van der Waals surface area contributed by atoms with E-state index in [9.17, 15) is 9.90 Å². The van der Waals surface area contributed by atoms with Gasteiger partial charge in [-0.05, 0) is 18.1 Å². The number of aliphatic hydroxyl groups excluding tert-OH is 1. The number of anilines is 1. The van der Waals surface area contributed by atoms with E-state index in [1.54, 1.807) is 0 Å². The molecular weight excluding hydrogens is 340 g/mol. The van der Waals surface area contributed by atoms with Gasteiger partial charge in [-0.3, -0.25) is 4.79 Å². The molecule has 1 aromatic carbocycles. The number of nitrogens with one attached hydrogen (secondary N) is 1. The standard InChI is InChI=1S/C14H17BrN2O2S/c1-7(2)9(6-18)17-14(19)13-12(16)11-8(15)4-3-5-10(11)20-13/h3-5,7,9,18H,6,16H2,1-2H3,(H,17,19)/t9-/m1/s1. The summed E-state index contributed by atoms with van der Waals surface area (Å²) in [6.45, 7) is 3.82. The zero-order chi connectivity index (χ0) is 14.9. The Hall–Kier alpha value is -1.11. The lowest BCUT2D eigenvalue weighted by molar-refractivity contribution is 0.0902. The second-order valence-corrected chi connectivity index (χ2v) is 6.87. The van der Waals surface area contributed by atoms with Gasteiger partial charge in [-0.15, -0.1) is 11.3 Å². The topological polar surface area (TPSA) is 75.3 Å². The van der Waals surface area contributed by atoms with Crippen LogP contribution in [0.1, 0.15) is 23.5 Å². The van der Waals surface area contributed by atoms with Crippen LogP contribution in [0.3, 0.4) is 0 Å². The molecule has 20 heavy (non-hydrogen) atoms. The highest BCUT2D eigenvalue weighted by Crippen LogP contribution is 2.38. The van der Waals surface area contributed by atoms with E-state index in [0.717, 1.165) is 14.6 Å². The first-order chi connectivity index (χ1) is 9.45. The third-order valence-corrected chi connectivity index (χ3v) is 5.06. The summed E-state index contributed by atoms with van der Waals surface area (Å²) in [5.74, 6) is -0.0744. The lowest BCUT2D eigenvalue weighted by atomic mass is 10.1. The molecule has 0 unspecified atom stereocenters. The molecule has 108 valence electrons. The van der Waals surface area contributed by atoms with Crippen LogP contribution in [0.25, 0.3) is 10.1 Å². The van der Waals surface area contributed by atoms with Crippen molar-refractivity contribution in [3.8, 4) is 0 Å². The van der Waals surface area contributed by atoms with Crippen LogP contribution in [-0.4, -0.2) is 23.7 Å². The number of rotatable bonds is 4. The van der Waals surface area contributed by atoms with Crippen LogP contribution in [0, 0.1) is 5.92 Å².